The second-order valence-corrected chi connectivity index (χ2v) is 5.82. The van der Waals surface area contributed by atoms with Crippen molar-refractivity contribution in [2.45, 2.75) is 42.2 Å². The predicted octanol–water partition coefficient (Wildman–Crippen LogP) is 4.35. The third-order valence-electron chi connectivity index (χ3n) is 2.80. The average molecular weight is 242 g/mol. The minimum atomic E-state index is 0.734. The van der Waals surface area contributed by atoms with Crippen LogP contribution < -0.4 is 5.73 Å². The topological polar surface area (TPSA) is 26.0 Å². The van der Waals surface area contributed by atoms with Crippen molar-refractivity contribution < 1.29 is 0 Å². The number of nitrogens with two attached hydrogens (primary N) is 1. The quantitative estimate of drug-likeness (QED) is 0.780. The van der Waals surface area contributed by atoms with E-state index in [0.29, 0.717) is 0 Å². The van der Waals surface area contributed by atoms with Crippen molar-refractivity contribution in [2.24, 2.45) is 0 Å². The Morgan fingerprint density at radius 3 is 2.67 bits per heavy atom. The number of nitrogen functional groups attached to an aromatic ring is 1. The molecule has 0 saturated heterocycles. The van der Waals surface area contributed by atoms with Gasteiger partial charge in [0.25, 0.3) is 0 Å². The summed E-state index contributed by atoms with van der Waals surface area (Å²) in [6.07, 6.45) is 6.74. The van der Waals surface area contributed by atoms with Gasteiger partial charge in [-0.15, -0.1) is 11.8 Å². The van der Waals surface area contributed by atoms with Crippen LogP contribution in [-0.4, -0.2) is 5.25 Å². The van der Waals surface area contributed by atoms with Gasteiger partial charge < -0.3 is 5.73 Å². The van der Waals surface area contributed by atoms with E-state index in [1.54, 1.807) is 0 Å². The predicted molar refractivity (Wildman–Crippen MR) is 68.6 cm³/mol. The van der Waals surface area contributed by atoms with Gasteiger partial charge in [-0.25, -0.2) is 0 Å². The van der Waals surface area contributed by atoms with Gasteiger partial charge in [0.15, 0.2) is 0 Å². The number of halogens is 1. The van der Waals surface area contributed by atoms with Crippen LogP contribution in [0.4, 0.5) is 5.69 Å². The highest BCUT2D eigenvalue weighted by atomic mass is 35.5. The van der Waals surface area contributed by atoms with Crippen molar-refractivity contribution in [2.75, 3.05) is 5.73 Å². The number of benzene rings is 1. The zero-order valence-corrected chi connectivity index (χ0v) is 10.3. The molecular weight excluding hydrogens is 226 g/mol. The maximum absolute atomic E-state index is 6.14. The van der Waals surface area contributed by atoms with E-state index in [1.807, 2.05) is 30.0 Å². The summed E-state index contributed by atoms with van der Waals surface area (Å²) in [6, 6.07) is 5.73. The van der Waals surface area contributed by atoms with Crippen molar-refractivity contribution in [1.82, 2.24) is 0 Å². The van der Waals surface area contributed by atoms with Gasteiger partial charge in [0.05, 0.1) is 5.02 Å². The molecule has 2 rings (SSSR count). The standard InChI is InChI=1S/C12H16ClNS/c13-11-7-6-9(14)8-12(11)15-10-4-2-1-3-5-10/h6-8,10H,1-5,14H2. The molecule has 0 atom stereocenters. The largest absolute Gasteiger partial charge is 0.399 e. The molecule has 0 aromatic heterocycles. The van der Waals surface area contributed by atoms with E-state index in [1.165, 1.54) is 32.1 Å². The summed E-state index contributed by atoms with van der Waals surface area (Å²) in [5.41, 5.74) is 6.56. The Morgan fingerprint density at radius 1 is 1.20 bits per heavy atom. The molecule has 0 heterocycles. The van der Waals surface area contributed by atoms with E-state index in [4.69, 9.17) is 17.3 Å². The first-order valence-corrected chi connectivity index (χ1v) is 6.73. The lowest BCUT2D eigenvalue weighted by Crippen LogP contribution is -2.07. The molecule has 1 nitrogen and oxygen atoms in total. The summed E-state index contributed by atoms with van der Waals surface area (Å²) < 4.78 is 0. The summed E-state index contributed by atoms with van der Waals surface area (Å²) in [6.45, 7) is 0. The molecule has 0 aliphatic heterocycles. The Kier molecular flexibility index (Phi) is 3.81. The zero-order chi connectivity index (χ0) is 10.7. The number of hydrogen-bond acceptors (Lipinski definition) is 2. The Hall–Kier alpha value is -0.340. The molecule has 0 amide bonds. The Morgan fingerprint density at radius 2 is 1.93 bits per heavy atom. The van der Waals surface area contributed by atoms with Gasteiger partial charge in [0.2, 0.25) is 0 Å². The van der Waals surface area contributed by atoms with E-state index in [0.717, 1.165) is 20.9 Å². The normalized spacial score (nSPS) is 17.9. The van der Waals surface area contributed by atoms with Crippen LogP contribution in [-0.2, 0) is 0 Å². The smallest absolute Gasteiger partial charge is 0.0543 e. The number of anilines is 1. The van der Waals surface area contributed by atoms with Gasteiger partial charge in [0.1, 0.15) is 0 Å². The van der Waals surface area contributed by atoms with Gasteiger partial charge in [-0.2, -0.15) is 0 Å². The molecule has 2 N–H and O–H groups in total. The number of hydrogen-bond donors (Lipinski definition) is 1. The molecule has 1 fully saturated rings. The lowest BCUT2D eigenvalue weighted by molar-refractivity contribution is 0.516. The lowest BCUT2D eigenvalue weighted by Gasteiger charge is -2.21. The Labute approximate surface area is 100 Å². The van der Waals surface area contributed by atoms with Crippen LogP contribution in [0.5, 0.6) is 0 Å². The number of thioether (sulfide) groups is 1. The van der Waals surface area contributed by atoms with Gasteiger partial charge in [-0.05, 0) is 31.0 Å². The lowest BCUT2D eigenvalue weighted by atomic mass is 10.0. The third-order valence-corrected chi connectivity index (χ3v) is 4.64. The van der Waals surface area contributed by atoms with Gasteiger partial charge >= 0.3 is 0 Å². The van der Waals surface area contributed by atoms with Crippen molar-refractivity contribution in [1.29, 1.82) is 0 Å². The molecule has 1 aromatic rings. The average Bonchev–Trinajstić information content (AvgIpc) is 2.25. The molecular formula is C12H16ClNS. The molecule has 1 aliphatic carbocycles. The molecule has 3 heteroatoms. The Balaban J connectivity index is 2.05. The zero-order valence-electron chi connectivity index (χ0n) is 8.71. The fraction of sp³-hybridized carbons (Fsp3) is 0.500. The highest BCUT2D eigenvalue weighted by Crippen LogP contribution is 2.37. The molecule has 1 aliphatic rings. The fourth-order valence-corrected chi connectivity index (χ4v) is 3.54. The van der Waals surface area contributed by atoms with Crippen LogP contribution >= 0.6 is 23.4 Å². The molecule has 0 bridgehead atoms. The first-order valence-electron chi connectivity index (χ1n) is 5.47. The molecule has 0 unspecified atom stereocenters. The molecule has 15 heavy (non-hydrogen) atoms. The first kappa shape index (κ1) is 11.2. The highest BCUT2D eigenvalue weighted by Gasteiger charge is 2.15. The second kappa shape index (κ2) is 5.13. The van der Waals surface area contributed by atoms with Gasteiger partial charge in [0, 0.05) is 15.8 Å². The van der Waals surface area contributed by atoms with Crippen LogP contribution in [0.1, 0.15) is 32.1 Å². The van der Waals surface area contributed by atoms with Crippen molar-refractivity contribution in [3.8, 4) is 0 Å². The van der Waals surface area contributed by atoms with Gasteiger partial charge in [-0.1, -0.05) is 30.9 Å². The van der Waals surface area contributed by atoms with Crippen LogP contribution in [0.2, 0.25) is 5.02 Å². The van der Waals surface area contributed by atoms with Crippen LogP contribution in [0, 0.1) is 0 Å². The Bertz CT molecular complexity index is 334. The summed E-state index contributed by atoms with van der Waals surface area (Å²) in [5, 5.41) is 1.57. The van der Waals surface area contributed by atoms with E-state index >= 15 is 0 Å². The van der Waals surface area contributed by atoms with E-state index in [9.17, 15) is 0 Å². The molecule has 82 valence electrons. The van der Waals surface area contributed by atoms with Crippen LogP contribution in [0.15, 0.2) is 23.1 Å². The van der Waals surface area contributed by atoms with Crippen molar-refractivity contribution >= 4 is 29.1 Å². The van der Waals surface area contributed by atoms with Crippen molar-refractivity contribution in [3.63, 3.8) is 0 Å². The molecule has 1 aromatic carbocycles. The number of rotatable bonds is 2. The summed E-state index contributed by atoms with van der Waals surface area (Å²) in [7, 11) is 0. The first-order chi connectivity index (χ1) is 7.25. The van der Waals surface area contributed by atoms with Gasteiger partial charge in [-0.3, -0.25) is 0 Å². The van der Waals surface area contributed by atoms with Crippen molar-refractivity contribution in [3.05, 3.63) is 23.2 Å². The minimum absolute atomic E-state index is 0.734. The van der Waals surface area contributed by atoms with E-state index < -0.39 is 0 Å². The second-order valence-electron chi connectivity index (χ2n) is 4.07. The SMILES string of the molecule is Nc1ccc(Cl)c(SC2CCCCC2)c1. The monoisotopic (exact) mass is 241 g/mol. The fourth-order valence-electron chi connectivity index (χ4n) is 1.97. The molecule has 1 saturated carbocycles. The third kappa shape index (κ3) is 3.05. The summed E-state index contributed by atoms with van der Waals surface area (Å²) in [5.74, 6) is 0. The molecule has 0 radical (unpaired) electrons. The maximum atomic E-state index is 6.14. The minimum Gasteiger partial charge on any atom is -0.399 e. The van der Waals surface area contributed by atoms with Crippen LogP contribution in [0.25, 0.3) is 0 Å². The van der Waals surface area contributed by atoms with E-state index in [-0.39, 0.29) is 0 Å². The maximum Gasteiger partial charge on any atom is 0.0543 e. The summed E-state index contributed by atoms with van der Waals surface area (Å²) in [4.78, 5) is 1.14. The summed E-state index contributed by atoms with van der Waals surface area (Å²) >= 11 is 8.03. The van der Waals surface area contributed by atoms with E-state index in [2.05, 4.69) is 0 Å². The van der Waals surface area contributed by atoms with Crippen LogP contribution in [0.3, 0.4) is 0 Å². The highest BCUT2D eigenvalue weighted by molar-refractivity contribution is 8.00. The molecule has 0 spiro atoms.